The average molecular weight is 147 g/mol. The minimum absolute atomic E-state index is 0.527. The fraction of sp³-hybridized carbons (Fsp3) is 0.222. The number of rotatable bonds is 1. The molecule has 0 aliphatic rings. The first-order valence-electron chi connectivity index (χ1n) is 3.42. The van der Waals surface area contributed by atoms with Gasteiger partial charge in [0.15, 0.2) is 0 Å². The van der Waals surface area contributed by atoms with E-state index in [1.807, 2.05) is 13.8 Å². The van der Waals surface area contributed by atoms with E-state index in [-0.39, 0.29) is 0 Å². The predicted octanol–water partition coefficient (Wildman–Crippen LogP) is 1.81. The fourth-order valence-corrected chi connectivity index (χ4v) is 0.863. The number of nitrogens with two attached hydrogens (primary N) is 1. The number of hydrogen-bond donors (Lipinski definition) is 1. The van der Waals surface area contributed by atoms with E-state index in [1.54, 1.807) is 6.07 Å². The number of nitrogen functional groups attached to an aromatic ring is 1. The molecule has 0 amide bonds. The van der Waals surface area contributed by atoms with Crippen LogP contribution in [0.2, 0.25) is 0 Å². The Balaban J connectivity index is 3.19. The minimum atomic E-state index is 0.527. The highest BCUT2D eigenvalue weighted by atomic mass is 14.8. The van der Waals surface area contributed by atoms with Crippen LogP contribution in [-0.2, 0) is 0 Å². The molecule has 1 aromatic heterocycles. The Morgan fingerprint density at radius 1 is 1.73 bits per heavy atom. The smallest absolute Gasteiger partial charge is 0.124 e. The van der Waals surface area contributed by atoms with Gasteiger partial charge >= 0.3 is 0 Å². The van der Waals surface area contributed by atoms with E-state index in [0.717, 1.165) is 16.8 Å². The molecule has 0 saturated heterocycles. The molecule has 11 heavy (non-hydrogen) atoms. The number of nitrogens with zero attached hydrogens (tertiary/aromatic N) is 1. The lowest BCUT2D eigenvalue weighted by atomic mass is 10.1. The van der Waals surface area contributed by atoms with Gasteiger partial charge < -0.3 is 5.73 Å². The SMILES string of the molecule is C=C(C)c1[c]c(C)nc(N)c1. The summed E-state index contributed by atoms with van der Waals surface area (Å²) in [5, 5.41) is 0. The normalized spacial score (nSPS) is 9.64. The van der Waals surface area contributed by atoms with Crippen LogP contribution in [0.15, 0.2) is 12.6 Å². The molecular formula is C9H11N2. The van der Waals surface area contributed by atoms with Crippen molar-refractivity contribution in [3.8, 4) is 0 Å². The first-order valence-corrected chi connectivity index (χ1v) is 3.42. The second-order valence-electron chi connectivity index (χ2n) is 2.59. The zero-order valence-electron chi connectivity index (χ0n) is 6.81. The number of hydrogen-bond acceptors (Lipinski definition) is 2. The third-order valence-corrected chi connectivity index (χ3v) is 1.36. The van der Waals surface area contributed by atoms with E-state index < -0.39 is 0 Å². The van der Waals surface area contributed by atoms with E-state index in [1.165, 1.54) is 0 Å². The monoisotopic (exact) mass is 147 g/mol. The van der Waals surface area contributed by atoms with Gasteiger partial charge in [0.25, 0.3) is 0 Å². The van der Waals surface area contributed by atoms with Gasteiger partial charge in [0, 0.05) is 11.8 Å². The van der Waals surface area contributed by atoms with Crippen molar-refractivity contribution < 1.29 is 0 Å². The highest BCUT2D eigenvalue weighted by Crippen LogP contribution is 2.13. The van der Waals surface area contributed by atoms with E-state index in [4.69, 9.17) is 5.73 Å². The molecule has 1 rings (SSSR count). The lowest BCUT2D eigenvalue weighted by Crippen LogP contribution is -1.94. The van der Waals surface area contributed by atoms with Crippen LogP contribution < -0.4 is 5.73 Å². The second kappa shape index (κ2) is 2.74. The van der Waals surface area contributed by atoms with Crippen LogP contribution in [-0.4, -0.2) is 4.98 Å². The van der Waals surface area contributed by atoms with E-state index in [0.29, 0.717) is 5.82 Å². The van der Waals surface area contributed by atoms with Crippen molar-refractivity contribution in [2.24, 2.45) is 0 Å². The maximum absolute atomic E-state index is 5.52. The molecule has 0 fully saturated rings. The van der Waals surface area contributed by atoms with Crippen molar-refractivity contribution in [2.45, 2.75) is 13.8 Å². The van der Waals surface area contributed by atoms with Gasteiger partial charge in [-0.3, -0.25) is 0 Å². The van der Waals surface area contributed by atoms with Crippen molar-refractivity contribution in [1.29, 1.82) is 0 Å². The summed E-state index contributed by atoms with van der Waals surface area (Å²) in [6.07, 6.45) is 0. The first-order chi connectivity index (χ1) is 5.09. The maximum Gasteiger partial charge on any atom is 0.124 e. The third kappa shape index (κ3) is 1.80. The molecule has 1 radical (unpaired) electrons. The molecule has 1 aromatic rings. The van der Waals surface area contributed by atoms with Crippen LogP contribution in [0.4, 0.5) is 5.82 Å². The molecule has 0 aromatic carbocycles. The highest BCUT2D eigenvalue weighted by molar-refractivity contribution is 5.63. The third-order valence-electron chi connectivity index (χ3n) is 1.36. The van der Waals surface area contributed by atoms with Gasteiger partial charge in [-0.2, -0.15) is 0 Å². The zero-order valence-corrected chi connectivity index (χ0v) is 6.81. The Labute approximate surface area is 66.8 Å². The molecule has 0 spiro atoms. The summed E-state index contributed by atoms with van der Waals surface area (Å²) in [6.45, 7) is 7.58. The molecule has 2 nitrogen and oxygen atoms in total. The largest absolute Gasteiger partial charge is 0.384 e. The van der Waals surface area contributed by atoms with Crippen LogP contribution in [0, 0.1) is 13.0 Å². The van der Waals surface area contributed by atoms with Crippen molar-refractivity contribution in [3.63, 3.8) is 0 Å². The van der Waals surface area contributed by atoms with Gasteiger partial charge in [-0.05, 0) is 25.5 Å². The van der Waals surface area contributed by atoms with Crippen LogP contribution in [0.3, 0.4) is 0 Å². The molecule has 1 heterocycles. The predicted molar refractivity (Wildman–Crippen MR) is 46.9 cm³/mol. The summed E-state index contributed by atoms with van der Waals surface area (Å²) in [4.78, 5) is 4.00. The standard InChI is InChI=1S/C9H11N2/c1-6(2)8-4-7(3)11-9(10)5-8/h5H,1H2,2-3H3,(H2,10,11). The molecule has 0 atom stereocenters. The number of anilines is 1. The average Bonchev–Trinajstić information content (AvgIpc) is 1.85. The number of aryl methyl sites for hydroxylation is 1. The second-order valence-corrected chi connectivity index (χ2v) is 2.59. The lowest BCUT2D eigenvalue weighted by molar-refractivity contribution is 1.19. The fourth-order valence-electron chi connectivity index (χ4n) is 0.863. The van der Waals surface area contributed by atoms with Gasteiger partial charge in [-0.15, -0.1) is 0 Å². The first kappa shape index (κ1) is 7.79. The van der Waals surface area contributed by atoms with Crippen LogP contribution >= 0.6 is 0 Å². The quantitative estimate of drug-likeness (QED) is 0.657. The molecule has 2 heteroatoms. The Morgan fingerprint density at radius 3 is 2.82 bits per heavy atom. The summed E-state index contributed by atoms with van der Waals surface area (Å²) in [5.74, 6) is 0.527. The summed E-state index contributed by atoms with van der Waals surface area (Å²) < 4.78 is 0. The summed E-state index contributed by atoms with van der Waals surface area (Å²) in [7, 11) is 0. The van der Waals surface area contributed by atoms with E-state index in [9.17, 15) is 0 Å². The Kier molecular flexibility index (Phi) is 1.94. The van der Waals surface area contributed by atoms with Gasteiger partial charge in [0.05, 0.1) is 0 Å². The van der Waals surface area contributed by atoms with Gasteiger partial charge in [-0.1, -0.05) is 12.2 Å². The van der Waals surface area contributed by atoms with Crippen molar-refractivity contribution in [2.75, 3.05) is 5.73 Å². The molecule has 0 unspecified atom stereocenters. The van der Waals surface area contributed by atoms with Gasteiger partial charge in [-0.25, -0.2) is 4.98 Å². The highest BCUT2D eigenvalue weighted by Gasteiger charge is 1.97. The molecule has 0 aliphatic heterocycles. The van der Waals surface area contributed by atoms with Crippen LogP contribution in [0.25, 0.3) is 5.57 Å². The van der Waals surface area contributed by atoms with Crippen molar-refractivity contribution in [1.82, 2.24) is 4.98 Å². The molecule has 0 aliphatic carbocycles. The molecule has 57 valence electrons. The van der Waals surface area contributed by atoms with Crippen LogP contribution in [0.5, 0.6) is 0 Å². The summed E-state index contributed by atoms with van der Waals surface area (Å²) >= 11 is 0. The summed E-state index contributed by atoms with van der Waals surface area (Å²) in [6, 6.07) is 4.83. The van der Waals surface area contributed by atoms with Crippen LogP contribution in [0.1, 0.15) is 18.2 Å². The number of allylic oxidation sites excluding steroid dienone is 1. The maximum atomic E-state index is 5.52. The number of pyridine rings is 1. The number of aromatic nitrogens is 1. The van der Waals surface area contributed by atoms with E-state index in [2.05, 4.69) is 17.6 Å². The van der Waals surface area contributed by atoms with Gasteiger partial charge in [0.2, 0.25) is 0 Å². The molecule has 2 N–H and O–H groups in total. The minimum Gasteiger partial charge on any atom is -0.384 e. The Morgan fingerprint density at radius 2 is 2.36 bits per heavy atom. The summed E-state index contributed by atoms with van der Waals surface area (Å²) in [5.41, 5.74) is 8.23. The lowest BCUT2D eigenvalue weighted by Gasteiger charge is -2.01. The zero-order chi connectivity index (χ0) is 8.43. The van der Waals surface area contributed by atoms with E-state index >= 15 is 0 Å². The van der Waals surface area contributed by atoms with Crippen molar-refractivity contribution in [3.05, 3.63) is 30.0 Å². The van der Waals surface area contributed by atoms with Crippen molar-refractivity contribution >= 4 is 11.4 Å². The molecule has 0 bridgehead atoms. The Bertz CT molecular complexity index is 269. The topological polar surface area (TPSA) is 38.9 Å². The molecular weight excluding hydrogens is 136 g/mol. The van der Waals surface area contributed by atoms with Gasteiger partial charge in [0.1, 0.15) is 5.82 Å². The molecule has 0 saturated carbocycles. The Hall–Kier alpha value is -1.31.